The lowest BCUT2D eigenvalue weighted by Crippen LogP contribution is -2.13. The van der Waals surface area contributed by atoms with Crippen LogP contribution in [0.5, 0.6) is 0 Å². The van der Waals surface area contributed by atoms with E-state index in [0.29, 0.717) is 22.8 Å². The van der Waals surface area contributed by atoms with Crippen molar-refractivity contribution < 1.29 is 9.32 Å². The largest absolute Gasteiger partial charge is 0.336 e. The fraction of sp³-hybridized carbons (Fsp3) is 0.167. The van der Waals surface area contributed by atoms with Gasteiger partial charge in [-0.25, -0.2) is 4.98 Å². The molecule has 3 aromatic rings. The van der Waals surface area contributed by atoms with Crippen molar-refractivity contribution in [3.63, 3.8) is 0 Å². The Morgan fingerprint density at radius 3 is 2.95 bits per heavy atom. The van der Waals surface area contributed by atoms with Crippen LogP contribution in [0.4, 0.5) is 5.82 Å². The van der Waals surface area contributed by atoms with Gasteiger partial charge in [-0.2, -0.15) is 5.10 Å². The molecule has 0 saturated carbocycles. The number of fused-ring (bicyclic) bond motifs is 1. The summed E-state index contributed by atoms with van der Waals surface area (Å²) in [7, 11) is 0. The fourth-order valence-electron chi connectivity index (χ4n) is 1.73. The highest BCUT2D eigenvalue weighted by molar-refractivity contribution is 6.05. The first-order chi connectivity index (χ1) is 9.15. The Morgan fingerprint density at radius 2 is 2.21 bits per heavy atom. The lowest BCUT2D eigenvalue weighted by atomic mass is 10.2. The molecule has 0 aliphatic heterocycles. The Morgan fingerprint density at radius 1 is 1.37 bits per heavy atom. The molecule has 0 aliphatic rings. The molecule has 0 saturated heterocycles. The zero-order chi connectivity index (χ0) is 13.4. The highest BCUT2D eigenvalue weighted by atomic mass is 16.5. The smallest absolute Gasteiger partial charge is 0.258 e. The van der Waals surface area contributed by atoms with Gasteiger partial charge < -0.3 is 9.84 Å². The Hall–Kier alpha value is -2.70. The van der Waals surface area contributed by atoms with Gasteiger partial charge in [0.05, 0.1) is 22.8 Å². The predicted octanol–water partition coefficient (Wildman–Crippen LogP) is 1.82. The minimum absolute atomic E-state index is 0.262. The summed E-state index contributed by atoms with van der Waals surface area (Å²) in [5, 5.41) is 13.8. The molecule has 0 spiro atoms. The van der Waals surface area contributed by atoms with E-state index in [4.69, 9.17) is 4.52 Å². The molecule has 0 atom stereocenters. The maximum Gasteiger partial charge on any atom is 0.258 e. The number of anilines is 1. The minimum Gasteiger partial charge on any atom is -0.336 e. The van der Waals surface area contributed by atoms with Gasteiger partial charge in [-0.05, 0) is 19.9 Å². The van der Waals surface area contributed by atoms with Crippen molar-refractivity contribution in [2.24, 2.45) is 0 Å². The van der Waals surface area contributed by atoms with Crippen molar-refractivity contribution in [3.8, 4) is 0 Å². The zero-order valence-electron chi connectivity index (χ0n) is 10.4. The van der Waals surface area contributed by atoms with Crippen molar-refractivity contribution in [3.05, 3.63) is 35.3 Å². The first kappa shape index (κ1) is 11.4. The number of H-pyrrole nitrogens is 1. The summed E-state index contributed by atoms with van der Waals surface area (Å²) >= 11 is 0. The summed E-state index contributed by atoms with van der Waals surface area (Å²) in [4.78, 5) is 16.2. The van der Waals surface area contributed by atoms with E-state index in [1.165, 1.54) is 6.20 Å². The van der Waals surface area contributed by atoms with Crippen LogP contribution in [0.2, 0.25) is 0 Å². The van der Waals surface area contributed by atoms with Gasteiger partial charge in [0.15, 0.2) is 0 Å². The summed E-state index contributed by atoms with van der Waals surface area (Å²) in [5.74, 6) is 0.314. The first-order valence-electron chi connectivity index (χ1n) is 5.68. The average Bonchev–Trinajstić information content (AvgIpc) is 2.97. The van der Waals surface area contributed by atoms with Gasteiger partial charge in [0.25, 0.3) is 11.6 Å². The number of carbonyl (C=O) groups is 1. The number of hydrogen-bond acceptors (Lipinski definition) is 5. The van der Waals surface area contributed by atoms with Crippen molar-refractivity contribution in [1.82, 2.24) is 20.3 Å². The highest BCUT2D eigenvalue weighted by Gasteiger charge is 2.13. The van der Waals surface area contributed by atoms with E-state index in [2.05, 4.69) is 25.7 Å². The number of nitrogens with one attached hydrogen (secondary N) is 2. The van der Waals surface area contributed by atoms with Crippen molar-refractivity contribution in [1.29, 1.82) is 0 Å². The molecule has 19 heavy (non-hydrogen) atoms. The number of aromatic nitrogens is 4. The molecular formula is C12H11N5O2. The second-order valence-electron chi connectivity index (χ2n) is 4.23. The van der Waals surface area contributed by atoms with E-state index in [0.717, 1.165) is 10.9 Å². The van der Waals surface area contributed by atoms with Crippen LogP contribution in [0.3, 0.4) is 0 Å². The summed E-state index contributed by atoms with van der Waals surface area (Å²) in [6, 6.07) is 1.70. The number of aromatic amines is 1. The van der Waals surface area contributed by atoms with Crippen LogP contribution in [0.1, 0.15) is 21.6 Å². The number of pyridine rings is 1. The van der Waals surface area contributed by atoms with E-state index in [1.807, 2.05) is 6.92 Å². The van der Waals surface area contributed by atoms with Gasteiger partial charge in [0, 0.05) is 11.8 Å². The Balaban J connectivity index is 1.93. The molecule has 0 unspecified atom stereocenters. The second kappa shape index (κ2) is 4.20. The Kier molecular flexibility index (Phi) is 2.52. The second-order valence-corrected chi connectivity index (χ2v) is 4.23. The van der Waals surface area contributed by atoms with Crippen LogP contribution in [0.15, 0.2) is 23.0 Å². The van der Waals surface area contributed by atoms with Gasteiger partial charge in [0.1, 0.15) is 5.82 Å². The molecule has 0 aliphatic carbocycles. The van der Waals surface area contributed by atoms with Crippen LogP contribution in [-0.2, 0) is 0 Å². The van der Waals surface area contributed by atoms with E-state index in [1.54, 1.807) is 19.2 Å². The molecule has 0 fully saturated rings. The van der Waals surface area contributed by atoms with E-state index in [9.17, 15) is 4.79 Å². The predicted molar refractivity (Wildman–Crippen MR) is 67.8 cm³/mol. The number of nitrogens with zero attached hydrogens (tertiary/aromatic N) is 3. The van der Waals surface area contributed by atoms with Crippen LogP contribution in [0.25, 0.3) is 11.1 Å². The number of hydrogen-bond donors (Lipinski definition) is 2. The van der Waals surface area contributed by atoms with E-state index in [-0.39, 0.29) is 5.91 Å². The number of aryl methyl sites for hydroxylation is 2. The van der Waals surface area contributed by atoms with Crippen LogP contribution < -0.4 is 5.32 Å². The third kappa shape index (κ3) is 1.95. The molecule has 7 heteroatoms. The zero-order valence-corrected chi connectivity index (χ0v) is 10.4. The molecule has 7 nitrogen and oxygen atoms in total. The maximum atomic E-state index is 12.1. The summed E-state index contributed by atoms with van der Waals surface area (Å²) < 4.78 is 5.00. The average molecular weight is 257 g/mol. The molecule has 1 amide bonds. The Labute approximate surface area is 108 Å². The molecule has 0 aromatic carbocycles. The SMILES string of the molecule is Cc1cn[nH]c1NC(=O)c1cnc2onc(C)c2c1. The van der Waals surface area contributed by atoms with Crippen molar-refractivity contribution in [2.75, 3.05) is 5.32 Å². The van der Waals surface area contributed by atoms with Gasteiger partial charge in [-0.1, -0.05) is 5.16 Å². The minimum atomic E-state index is -0.262. The third-order valence-corrected chi connectivity index (χ3v) is 2.84. The van der Waals surface area contributed by atoms with Crippen LogP contribution in [0, 0.1) is 13.8 Å². The fourth-order valence-corrected chi connectivity index (χ4v) is 1.73. The van der Waals surface area contributed by atoms with Gasteiger partial charge in [-0.15, -0.1) is 0 Å². The molecule has 0 radical (unpaired) electrons. The summed E-state index contributed by atoms with van der Waals surface area (Å²) in [5.41, 5.74) is 2.43. The molecule has 96 valence electrons. The highest BCUT2D eigenvalue weighted by Crippen LogP contribution is 2.18. The van der Waals surface area contributed by atoms with Gasteiger partial charge in [-0.3, -0.25) is 9.89 Å². The first-order valence-corrected chi connectivity index (χ1v) is 5.68. The number of rotatable bonds is 2. The standard InChI is InChI=1S/C12H11N5O2/c1-6-4-14-16-10(6)15-11(18)8-3-9-7(2)17-19-12(9)13-5-8/h3-5H,1-2H3,(H2,14,15,16,18). The van der Waals surface area contributed by atoms with Crippen molar-refractivity contribution in [2.45, 2.75) is 13.8 Å². The van der Waals surface area contributed by atoms with Crippen LogP contribution >= 0.6 is 0 Å². The molecule has 3 aromatic heterocycles. The van der Waals surface area contributed by atoms with Gasteiger partial charge >= 0.3 is 0 Å². The summed E-state index contributed by atoms with van der Waals surface area (Å²) in [6.07, 6.45) is 3.09. The Bertz CT molecular complexity index is 758. The normalized spacial score (nSPS) is 10.8. The molecular weight excluding hydrogens is 246 g/mol. The quantitative estimate of drug-likeness (QED) is 0.729. The number of amides is 1. The van der Waals surface area contributed by atoms with E-state index < -0.39 is 0 Å². The molecule has 2 N–H and O–H groups in total. The van der Waals surface area contributed by atoms with Crippen LogP contribution in [-0.4, -0.2) is 26.2 Å². The summed E-state index contributed by atoms with van der Waals surface area (Å²) in [6.45, 7) is 3.65. The third-order valence-electron chi connectivity index (χ3n) is 2.84. The van der Waals surface area contributed by atoms with E-state index >= 15 is 0 Å². The van der Waals surface area contributed by atoms with Crippen molar-refractivity contribution >= 4 is 22.8 Å². The molecule has 3 rings (SSSR count). The van der Waals surface area contributed by atoms with Gasteiger partial charge in [0.2, 0.25) is 0 Å². The lowest BCUT2D eigenvalue weighted by molar-refractivity contribution is 0.102. The topological polar surface area (TPSA) is 96.7 Å². The molecule has 3 heterocycles. The molecule has 0 bridgehead atoms. The lowest BCUT2D eigenvalue weighted by Gasteiger charge is -2.03. The maximum absolute atomic E-state index is 12.1. The number of carbonyl (C=O) groups excluding carboxylic acids is 1. The monoisotopic (exact) mass is 257 g/mol.